The second-order valence-corrected chi connectivity index (χ2v) is 1.72. The minimum atomic E-state index is 0. The standard InChI is InChI=1S/C5H10N2O.B/c1-5(2)7(4-8)6-3;/h4-5H,3H2,1-2H3;. The molecule has 49 valence electrons. The quantitative estimate of drug-likeness (QED) is 0.227. The van der Waals surface area contributed by atoms with Crippen molar-refractivity contribution in [3.63, 3.8) is 0 Å². The van der Waals surface area contributed by atoms with Gasteiger partial charge in [0.15, 0.2) is 0 Å². The molecule has 0 fully saturated rings. The van der Waals surface area contributed by atoms with E-state index >= 15 is 0 Å². The lowest BCUT2D eigenvalue weighted by atomic mass is 10.4. The Balaban J connectivity index is 0. The highest BCUT2D eigenvalue weighted by Gasteiger charge is 1.99. The van der Waals surface area contributed by atoms with Crippen molar-refractivity contribution in [3.05, 3.63) is 0 Å². The SMILES string of the molecule is C=NN(C=O)C(C)C.[B]. The van der Waals surface area contributed by atoms with Gasteiger partial charge >= 0.3 is 0 Å². The monoisotopic (exact) mass is 125 g/mol. The smallest absolute Gasteiger partial charge is 0.230 e. The van der Waals surface area contributed by atoms with E-state index in [2.05, 4.69) is 11.8 Å². The second-order valence-electron chi connectivity index (χ2n) is 1.72. The lowest BCUT2D eigenvalue weighted by molar-refractivity contribution is -0.119. The van der Waals surface area contributed by atoms with Gasteiger partial charge in [0, 0.05) is 21.2 Å². The number of rotatable bonds is 3. The van der Waals surface area contributed by atoms with Crippen molar-refractivity contribution >= 4 is 21.5 Å². The van der Waals surface area contributed by atoms with Crippen LogP contribution in [-0.2, 0) is 4.79 Å². The first-order chi connectivity index (χ1) is 3.72. The summed E-state index contributed by atoms with van der Waals surface area (Å²) < 4.78 is 0. The fourth-order valence-electron chi connectivity index (χ4n) is 0.318. The maximum atomic E-state index is 9.97. The zero-order valence-corrected chi connectivity index (χ0v) is 5.74. The van der Waals surface area contributed by atoms with E-state index in [1.165, 1.54) is 5.01 Å². The van der Waals surface area contributed by atoms with Crippen LogP contribution in [0.4, 0.5) is 0 Å². The van der Waals surface area contributed by atoms with Crippen molar-refractivity contribution in [2.75, 3.05) is 0 Å². The highest BCUT2D eigenvalue weighted by molar-refractivity contribution is 5.75. The predicted octanol–water partition coefficient (Wildman–Crippen LogP) is 0.0880. The maximum absolute atomic E-state index is 9.97. The summed E-state index contributed by atoms with van der Waals surface area (Å²) >= 11 is 0. The zero-order chi connectivity index (χ0) is 6.57. The molecule has 0 aliphatic carbocycles. The van der Waals surface area contributed by atoms with Crippen LogP contribution in [0.5, 0.6) is 0 Å². The molecule has 0 rings (SSSR count). The number of hydrogen-bond acceptors (Lipinski definition) is 2. The van der Waals surface area contributed by atoms with E-state index in [9.17, 15) is 4.79 Å². The molecular formula is C5H10BN2O. The molecule has 0 bridgehead atoms. The summed E-state index contributed by atoms with van der Waals surface area (Å²) in [6, 6.07) is 0.116. The first kappa shape index (κ1) is 11.1. The topological polar surface area (TPSA) is 32.7 Å². The van der Waals surface area contributed by atoms with Crippen molar-refractivity contribution in [1.82, 2.24) is 5.01 Å². The van der Waals surface area contributed by atoms with Gasteiger partial charge in [-0.3, -0.25) is 4.79 Å². The van der Waals surface area contributed by atoms with Gasteiger partial charge in [-0.2, -0.15) is 5.10 Å². The molecule has 0 atom stereocenters. The van der Waals surface area contributed by atoms with E-state index in [-0.39, 0.29) is 14.5 Å². The van der Waals surface area contributed by atoms with Gasteiger partial charge in [-0.05, 0) is 13.8 Å². The fraction of sp³-hybridized carbons (Fsp3) is 0.600. The minimum absolute atomic E-state index is 0. The van der Waals surface area contributed by atoms with Gasteiger partial charge in [0.05, 0.1) is 0 Å². The first-order valence-corrected chi connectivity index (χ1v) is 2.42. The molecule has 9 heavy (non-hydrogen) atoms. The molecule has 0 unspecified atom stereocenters. The van der Waals surface area contributed by atoms with E-state index in [1.807, 2.05) is 13.8 Å². The van der Waals surface area contributed by atoms with Crippen LogP contribution in [0.15, 0.2) is 5.10 Å². The van der Waals surface area contributed by atoms with Crippen LogP contribution in [0.2, 0.25) is 0 Å². The molecule has 0 heterocycles. The third-order valence-electron chi connectivity index (χ3n) is 0.800. The van der Waals surface area contributed by atoms with E-state index in [1.54, 1.807) is 0 Å². The van der Waals surface area contributed by atoms with E-state index in [0.29, 0.717) is 6.41 Å². The Kier molecular flexibility index (Phi) is 6.57. The van der Waals surface area contributed by atoms with Gasteiger partial charge in [-0.15, -0.1) is 0 Å². The molecule has 0 aromatic rings. The summed E-state index contributed by atoms with van der Waals surface area (Å²) in [7, 11) is 0. The Labute approximate surface area is 57.3 Å². The van der Waals surface area contributed by atoms with E-state index in [0.717, 1.165) is 0 Å². The molecular weight excluding hydrogens is 115 g/mol. The molecule has 3 nitrogen and oxygen atoms in total. The summed E-state index contributed by atoms with van der Waals surface area (Å²) in [6.07, 6.45) is 0.650. The van der Waals surface area contributed by atoms with Gasteiger partial charge < -0.3 is 0 Å². The third-order valence-corrected chi connectivity index (χ3v) is 0.800. The molecule has 1 amide bonds. The van der Waals surface area contributed by atoms with Crippen LogP contribution in [0.25, 0.3) is 0 Å². The molecule has 0 saturated carbocycles. The van der Waals surface area contributed by atoms with Crippen molar-refractivity contribution in [1.29, 1.82) is 0 Å². The van der Waals surface area contributed by atoms with Gasteiger partial charge in [0.1, 0.15) is 0 Å². The Morgan fingerprint density at radius 3 is 2.11 bits per heavy atom. The van der Waals surface area contributed by atoms with Crippen LogP contribution >= 0.6 is 0 Å². The second kappa shape index (κ2) is 5.34. The van der Waals surface area contributed by atoms with Crippen molar-refractivity contribution in [2.24, 2.45) is 5.10 Å². The predicted molar refractivity (Wildman–Crippen MR) is 38.3 cm³/mol. The lowest BCUT2D eigenvalue weighted by Crippen LogP contribution is -2.22. The highest BCUT2D eigenvalue weighted by Crippen LogP contribution is 1.91. The van der Waals surface area contributed by atoms with Gasteiger partial charge in [0.25, 0.3) is 0 Å². The molecule has 0 aliphatic rings. The Morgan fingerprint density at radius 2 is 2.11 bits per heavy atom. The van der Waals surface area contributed by atoms with Crippen LogP contribution in [-0.4, -0.2) is 32.6 Å². The molecule has 0 saturated heterocycles. The number of nitrogens with zero attached hydrogens (tertiary/aromatic N) is 2. The largest absolute Gasteiger partial charge is 0.277 e. The van der Waals surface area contributed by atoms with Crippen molar-refractivity contribution in [2.45, 2.75) is 19.9 Å². The van der Waals surface area contributed by atoms with Crippen LogP contribution < -0.4 is 0 Å². The summed E-state index contributed by atoms with van der Waals surface area (Å²) in [5.74, 6) is 0. The fourth-order valence-corrected chi connectivity index (χ4v) is 0.318. The normalized spacial score (nSPS) is 7.89. The highest BCUT2D eigenvalue weighted by atomic mass is 16.1. The number of hydrogen-bond donors (Lipinski definition) is 0. The molecule has 0 spiro atoms. The third kappa shape index (κ3) is 3.76. The van der Waals surface area contributed by atoms with Gasteiger partial charge in [-0.25, -0.2) is 5.01 Å². The molecule has 0 aromatic carbocycles. The van der Waals surface area contributed by atoms with Gasteiger partial charge in [0.2, 0.25) is 6.41 Å². The number of amides is 1. The van der Waals surface area contributed by atoms with Crippen molar-refractivity contribution in [3.8, 4) is 0 Å². The molecule has 0 N–H and O–H groups in total. The molecule has 3 radical (unpaired) electrons. The number of hydrazone groups is 1. The van der Waals surface area contributed by atoms with Crippen molar-refractivity contribution < 1.29 is 4.79 Å². The Morgan fingerprint density at radius 1 is 1.67 bits per heavy atom. The number of carbonyl (C=O) groups is 1. The molecule has 4 heteroatoms. The van der Waals surface area contributed by atoms with Gasteiger partial charge in [-0.1, -0.05) is 0 Å². The first-order valence-electron chi connectivity index (χ1n) is 2.42. The minimum Gasteiger partial charge on any atom is -0.277 e. The lowest BCUT2D eigenvalue weighted by Gasteiger charge is -2.12. The summed E-state index contributed by atoms with van der Waals surface area (Å²) in [5, 5.41) is 4.67. The molecule has 0 aromatic heterocycles. The summed E-state index contributed by atoms with van der Waals surface area (Å²) in [5.41, 5.74) is 0. The maximum Gasteiger partial charge on any atom is 0.230 e. The summed E-state index contributed by atoms with van der Waals surface area (Å²) in [6.45, 7) is 6.93. The van der Waals surface area contributed by atoms with Crippen LogP contribution in [0.1, 0.15) is 13.8 Å². The molecule has 0 aliphatic heterocycles. The van der Waals surface area contributed by atoms with E-state index in [4.69, 9.17) is 0 Å². The average Bonchev–Trinajstić information content (AvgIpc) is 1.69. The Bertz CT molecular complexity index is 87.0. The Hall–Kier alpha value is -0.795. The zero-order valence-electron chi connectivity index (χ0n) is 5.74. The van der Waals surface area contributed by atoms with E-state index < -0.39 is 0 Å². The number of carbonyl (C=O) groups excluding carboxylic acids is 1. The van der Waals surface area contributed by atoms with Crippen LogP contribution in [0.3, 0.4) is 0 Å². The summed E-state index contributed by atoms with van der Waals surface area (Å²) in [4.78, 5) is 9.97. The average molecular weight is 125 g/mol. The van der Waals surface area contributed by atoms with Crippen LogP contribution in [0, 0.1) is 0 Å².